The molecule has 1 atom stereocenters. The molecule has 0 fully saturated rings. The fourth-order valence-corrected chi connectivity index (χ4v) is 4.61. The smallest absolute Gasteiger partial charge is 0.318 e. The number of esters is 1. The SMILES string of the molecule is O=C(Oc1ccccc1)C1CC2(O)c3ccccc3C1(O)c1ccccc12. The number of hydrogen-bond donors (Lipinski definition) is 2. The average Bonchev–Trinajstić information content (AvgIpc) is 2.71. The molecular weight excluding hydrogens is 340 g/mol. The van der Waals surface area contributed by atoms with Crippen molar-refractivity contribution < 1.29 is 19.7 Å². The molecule has 134 valence electrons. The third kappa shape index (κ3) is 2.08. The molecule has 0 heterocycles. The topological polar surface area (TPSA) is 66.8 Å². The van der Waals surface area contributed by atoms with Crippen LogP contribution in [0.1, 0.15) is 28.7 Å². The van der Waals surface area contributed by atoms with Gasteiger partial charge in [0.25, 0.3) is 0 Å². The first-order chi connectivity index (χ1) is 13.0. The van der Waals surface area contributed by atoms with Gasteiger partial charge in [-0.3, -0.25) is 4.79 Å². The maximum Gasteiger partial charge on any atom is 0.318 e. The Kier molecular flexibility index (Phi) is 3.32. The molecule has 1 unspecified atom stereocenters. The highest BCUT2D eigenvalue weighted by molar-refractivity contribution is 5.81. The van der Waals surface area contributed by atoms with E-state index >= 15 is 0 Å². The highest BCUT2D eigenvalue weighted by Crippen LogP contribution is 2.59. The van der Waals surface area contributed by atoms with E-state index in [9.17, 15) is 15.0 Å². The largest absolute Gasteiger partial charge is 0.426 e. The van der Waals surface area contributed by atoms with Gasteiger partial charge in [0.2, 0.25) is 0 Å². The molecule has 0 aromatic heterocycles. The Labute approximate surface area is 156 Å². The summed E-state index contributed by atoms with van der Waals surface area (Å²) in [7, 11) is 0. The van der Waals surface area contributed by atoms with Gasteiger partial charge in [-0.15, -0.1) is 0 Å². The number of hydrogen-bond acceptors (Lipinski definition) is 4. The van der Waals surface area contributed by atoms with E-state index in [1.54, 1.807) is 36.4 Å². The summed E-state index contributed by atoms with van der Waals surface area (Å²) in [6, 6.07) is 23.3. The van der Waals surface area contributed by atoms with Gasteiger partial charge in [0.15, 0.2) is 0 Å². The van der Waals surface area contributed by atoms with Crippen molar-refractivity contribution in [1.29, 1.82) is 0 Å². The second kappa shape index (κ2) is 5.52. The van der Waals surface area contributed by atoms with Gasteiger partial charge < -0.3 is 14.9 Å². The van der Waals surface area contributed by atoms with E-state index in [0.29, 0.717) is 28.0 Å². The zero-order valence-corrected chi connectivity index (χ0v) is 14.5. The third-order valence-electron chi connectivity index (χ3n) is 5.82. The standard InChI is InChI=1S/C23H18O4/c24-21(27-15-8-2-1-3-9-15)20-14-22(25)16-10-4-6-12-18(16)23(20,26)19-13-7-5-11-17(19)22/h1-13,20,25-26H,14H2. The molecule has 0 amide bonds. The van der Waals surface area contributed by atoms with Crippen LogP contribution in [0.5, 0.6) is 5.75 Å². The first-order valence-electron chi connectivity index (χ1n) is 8.96. The number of ether oxygens (including phenoxy) is 1. The zero-order chi connectivity index (χ0) is 18.6. The lowest BCUT2D eigenvalue weighted by Gasteiger charge is -2.53. The minimum Gasteiger partial charge on any atom is -0.426 e. The number of carbonyl (C=O) groups excluding carboxylic acids is 1. The average molecular weight is 358 g/mol. The summed E-state index contributed by atoms with van der Waals surface area (Å²) in [6.45, 7) is 0. The molecule has 0 saturated carbocycles. The summed E-state index contributed by atoms with van der Waals surface area (Å²) < 4.78 is 5.54. The molecule has 27 heavy (non-hydrogen) atoms. The van der Waals surface area contributed by atoms with Crippen LogP contribution in [-0.2, 0) is 16.0 Å². The Morgan fingerprint density at radius 1 is 0.778 bits per heavy atom. The molecule has 2 bridgehead atoms. The number of aliphatic hydroxyl groups is 2. The Hall–Kier alpha value is -2.95. The zero-order valence-electron chi connectivity index (χ0n) is 14.5. The molecule has 4 nitrogen and oxygen atoms in total. The van der Waals surface area contributed by atoms with Crippen molar-refractivity contribution in [3.8, 4) is 5.75 Å². The Morgan fingerprint density at radius 3 is 1.81 bits per heavy atom. The molecular formula is C23H18O4. The van der Waals surface area contributed by atoms with Crippen molar-refractivity contribution in [1.82, 2.24) is 0 Å². The fraction of sp³-hybridized carbons (Fsp3) is 0.174. The van der Waals surface area contributed by atoms with E-state index in [-0.39, 0.29) is 6.42 Å². The summed E-state index contributed by atoms with van der Waals surface area (Å²) in [6.07, 6.45) is 0.0726. The summed E-state index contributed by atoms with van der Waals surface area (Å²) in [5, 5.41) is 23.4. The van der Waals surface area contributed by atoms with Gasteiger partial charge >= 0.3 is 5.97 Å². The monoisotopic (exact) mass is 358 g/mol. The van der Waals surface area contributed by atoms with Gasteiger partial charge in [0, 0.05) is 6.42 Å². The number of carbonyl (C=O) groups is 1. The Balaban J connectivity index is 1.68. The van der Waals surface area contributed by atoms with Crippen molar-refractivity contribution >= 4 is 5.97 Å². The van der Waals surface area contributed by atoms with Crippen LogP contribution in [0.25, 0.3) is 0 Å². The van der Waals surface area contributed by atoms with Crippen LogP contribution in [0.15, 0.2) is 78.9 Å². The summed E-state index contributed by atoms with van der Waals surface area (Å²) >= 11 is 0. The summed E-state index contributed by atoms with van der Waals surface area (Å²) in [5.41, 5.74) is -0.452. The quantitative estimate of drug-likeness (QED) is 0.546. The van der Waals surface area contributed by atoms with Gasteiger partial charge in [-0.25, -0.2) is 0 Å². The minimum absolute atomic E-state index is 0.0726. The molecule has 2 N–H and O–H groups in total. The number of fused-ring (bicyclic) bond motifs is 1. The lowest BCUT2D eigenvalue weighted by atomic mass is 9.54. The fourth-order valence-electron chi connectivity index (χ4n) is 4.61. The summed E-state index contributed by atoms with van der Waals surface area (Å²) in [5.74, 6) is -1.04. The molecule has 3 aliphatic carbocycles. The van der Waals surface area contributed by atoms with E-state index in [4.69, 9.17) is 4.74 Å². The highest BCUT2D eigenvalue weighted by Gasteiger charge is 2.62. The normalized spacial score (nSPS) is 27.6. The second-order valence-corrected chi connectivity index (χ2v) is 7.21. The van der Waals surface area contributed by atoms with E-state index in [1.807, 2.05) is 42.5 Å². The van der Waals surface area contributed by atoms with Crippen LogP contribution in [-0.4, -0.2) is 16.2 Å². The van der Waals surface area contributed by atoms with Crippen LogP contribution < -0.4 is 4.74 Å². The van der Waals surface area contributed by atoms with Crippen molar-refractivity contribution in [2.24, 2.45) is 5.92 Å². The lowest BCUT2D eigenvalue weighted by Crippen LogP contribution is -2.57. The van der Waals surface area contributed by atoms with Crippen LogP contribution >= 0.6 is 0 Å². The van der Waals surface area contributed by atoms with Crippen molar-refractivity contribution in [3.63, 3.8) is 0 Å². The molecule has 3 aromatic rings. The molecule has 6 rings (SSSR count). The van der Waals surface area contributed by atoms with Crippen LogP contribution in [0.2, 0.25) is 0 Å². The molecule has 0 saturated heterocycles. The maximum atomic E-state index is 13.0. The van der Waals surface area contributed by atoms with Gasteiger partial charge in [-0.2, -0.15) is 0 Å². The first kappa shape index (κ1) is 16.2. The minimum atomic E-state index is -1.54. The van der Waals surface area contributed by atoms with Crippen LogP contribution in [0.4, 0.5) is 0 Å². The molecule has 0 aliphatic heterocycles. The predicted molar refractivity (Wildman–Crippen MR) is 99.1 cm³/mol. The van der Waals surface area contributed by atoms with Gasteiger partial charge in [-0.05, 0) is 34.4 Å². The Morgan fingerprint density at radius 2 is 1.26 bits per heavy atom. The first-order valence-corrected chi connectivity index (χ1v) is 8.96. The Bertz CT molecular complexity index is 994. The van der Waals surface area contributed by atoms with Gasteiger partial charge in [0.05, 0.1) is 5.92 Å². The predicted octanol–water partition coefficient (Wildman–Crippen LogP) is 3.10. The number of para-hydroxylation sites is 1. The van der Waals surface area contributed by atoms with Crippen LogP contribution in [0, 0.1) is 5.92 Å². The van der Waals surface area contributed by atoms with Crippen molar-refractivity contribution in [2.45, 2.75) is 17.6 Å². The van der Waals surface area contributed by atoms with Crippen LogP contribution in [0.3, 0.4) is 0 Å². The molecule has 4 heteroatoms. The van der Waals surface area contributed by atoms with E-state index in [2.05, 4.69) is 0 Å². The molecule has 3 aliphatic rings. The maximum absolute atomic E-state index is 13.0. The third-order valence-corrected chi connectivity index (χ3v) is 5.82. The van der Waals surface area contributed by atoms with E-state index < -0.39 is 23.1 Å². The van der Waals surface area contributed by atoms with Crippen molar-refractivity contribution in [3.05, 3.63) is 101 Å². The molecule has 0 radical (unpaired) electrons. The molecule has 3 aromatic carbocycles. The highest BCUT2D eigenvalue weighted by atomic mass is 16.5. The second-order valence-electron chi connectivity index (χ2n) is 7.21. The van der Waals surface area contributed by atoms with Gasteiger partial charge in [0.1, 0.15) is 17.0 Å². The number of benzene rings is 3. The van der Waals surface area contributed by atoms with Crippen molar-refractivity contribution in [2.75, 3.05) is 0 Å². The number of rotatable bonds is 2. The molecule has 0 spiro atoms. The van der Waals surface area contributed by atoms with E-state index in [0.717, 1.165) is 0 Å². The van der Waals surface area contributed by atoms with E-state index in [1.165, 1.54) is 0 Å². The lowest BCUT2D eigenvalue weighted by molar-refractivity contribution is -0.157. The summed E-state index contributed by atoms with van der Waals surface area (Å²) in [4.78, 5) is 13.0. The van der Waals surface area contributed by atoms with Gasteiger partial charge in [-0.1, -0.05) is 66.7 Å².